The maximum Gasteiger partial charge on any atom is 0.223 e. The van der Waals surface area contributed by atoms with Crippen molar-refractivity contribution in [3.8, 4) is 0 Å². The van der Waals surface area contributed by atoms with Crippen molar-refractivity contribution in [3.63, 3.8) is 0 Å². The summed E-state index contributed by atoms with van der Waals surface area (Å²) in [6, 6.07) is 8.51. The van der Waals surface area contributed by atoms with Crippen LogP contribution in [-0.4, -0.2) is 63.2 Å². The lowest BCUT2D eigenvalue weighted by Gasteiger charge is -2.27. The van der Waals surface area contributed by atoms with Crippen molar-refractivity contribution >= 4 is 11.9 Å². The second-order valence-corrected chi connectivity index (χ2v) is 7.08. The lowest BCUT2D eigenvalue weighted by Crippen LogP contribution is -2.41. The number of nitrogens with one attached hydrogen (secondary N) is 3. The Kier molecular flexibility index (Phi) is 7.47. The van der Waals surface area contributed by atoms with Crippen molar-refractivity contribution in [2.45, 2.75) is 25.9 Å². The summed E-state index contributed by atoms with van der Waals surface area (Å²) >= 11 is 0. The second-order valence-electron chi connectivity index (χ2n) is 7.08. The molecule has 1 heterocycles. The second kappa shape index (κ2) is 10.3. The van der Waals surface area contributed by atoms with Gasteiger partial charge in [0, 0.05) is 52.2 Å². The van der Waals surface area contributed by atoms with E-state index in [1.54, 1.807) is 7.05 Å². The van der Waals surface area contributed by atoms with Gasteiger partial charge in [-0.15, -0.1) is 0 Å². The Bertz CT molecular complexity index is 639. The molecule has 0 atom stereocenters. The van der Waals surface area contributed by atoms with Crippen molar-refractivity contribution in [1.82, 2.24) is 20.9 Å². The molecule has 27 heavy (non-hydrogen) atoms. The molecule has 0 unspecified atom stereocenters. The SMILES string of the molecule is CN=C(NCCNC(=O)C1CC1)NCc1ccccc1CN1CCOCC1. The standard InChI is InChI=1S/C20H31N5O2/c1-21-20(23-9-8-22-19(26)16-6-7-16)24-14-17-4-2-3-5-18(17)15-25-10-12-27-13-11-25/h2-5,16H,6-15H2,1H3,(H,22,26)(H2,21,23,24). The zero-order valence-corrected chi connectivity index (χ0v) is 16.2. The number of carbonyl (C=O) groups is 1. The van der Waals surface area contributed by atoms with Crippen LogP contribution in [0.3, 0.4) is 0 Å². The number of nitrogens with zero attached hydrogens (tertiary/aromatic N) is 2. The number of aliphatic imine (C=N–C) groups is 1. The number of hydrogen-bond acceptors (Lipinski definition) is 4. The van der Waals surface area contributed by atoms with Gasteiger partial charge in [-0.2, -0.15) is 0 Å². The first-order chi connectivity index (χ1) is 13.3. The molecule has 0 spiro atoms. The lowest BCUT2D eigenvalue weighted by molar-refractivity contribution is -0.122. The van der Waals surface area contributed by atoms with Crippen LogP contribution >= 0.6 is 0 Å². The Balaban J connectivity index is 1.42. The molecule has 0 aromatic heterocycles. The molecule has 3 rings (SSSR count). The van der Waals surface area contributed by atoms with E-state index in [-0.39, 0.29) is 11.8 Å². The summed E-state index contributed by atoms with van der Waals surface area (Å²) in [5.41, 5.74) is 2.60. The Morgan fingerprint density at radius 1 is 1.11 bits per heavy atom. The van der Waals surface area contributed by atoms with Crippen LogP contribution in [0.2, 0.25) is 0 Å². The van der Waals surface area contributed by atoms with Gasteiger partial charge in [-0.1, -0.05) is 24.3 Å². The minimum absolute atomic E-state index is 0.178. The molecule has 0 radical (unpaired) electrons. The summed E-state index contributed by atoms with van der Waals surface area (Å²) in [4.78, 5) is 18.3. The van der Waals surface area contributed by atoms with E-state index in [1.165, 1.54) is 11.1 Å². The number of guanidine groups is 1. The Morgan fingerprint density at radius 3 is 2.52 bits per heavy atom. The van der Waals surface area contributed by atoms with E-state index in [4.69, 9.17) is 4.74 Å². The highest BCUT2D eigenvalue weighted by Gasteiger charge is 2.28. The highest BCUT2D eigenvalue weighted by Crippen LogP contribution is 2.28. The van der Waals surface area contributed by atoms with Gasteiger partial charge < -0.3 is 20.7 Å². The van der Waals surface area contributed by atoms with Gasteiger partial charge in [0.25, 0.3) is 0 Å². The fourth-order valence-electron chi connectivity index (χ4n) is 3.14. The number of morpholine rings is 1. The van der Waals surface area contributed by atoms with Crippen LogP contribution in [0, 0.1) is 5.92 Å². The fourth-order valence-corrected chi connectivity index (χ4v) is 3.14. The van der Waals surface area contributed by atoms with Crippen molar-refractivity contribution in [3.05, 3.63) is 35.4 Å². The maximum absolute atomic E-state index is 11.6. The molecule has 1 amide bonds. The molecular weight excluding hydrogens is 342 g/mol. The van der Waals surface area contributed by atoms with E-state index in [0.29, 0.717) is 19.6 Å². The predicted molar refractivity (Wildman–Crippen MR) is 106 cm³/mol. The first kappa shape index (κ1) is 19.6. The third-order valence-corrected chi connectivity index (χ3v) is 4.95. The summed E-state index contributed by atoms with van der Waals surface area (Å²) in [5.74, 6) is 1.18. The van der Waals surface area contributed by atoms with Gasteiger partial charge in [-0.25, -0.2) is 0 Å². The molecular formula is C20H31N5O2. The highest BCUT2D eigenvalue weighted by molar-refractivity contribution is 5.81. The molecule has 7 heteroatoms. The van der Waals surface area contributed by atoms with Gasteiger partial charge in [0.1, 0.15) is 0 Å². The molecule has 2 fully saturated rings. The van der Waals surface area contributed by atoms with Crippen molar-refractivity contribution in [2.75, 3.05) is 46.4 Å². The van der Waals surface area contributed by atoms with E-state index in [1.807, 2.05) is 0 Å². The molecule has 2 aliphatic rings. The molecule has 148 valence electrons. The van der Waals surface area contributed by atoms with Gasteiger partial charge in [0.15, 0.2) is 5.96 Å². The average molecular weight is 374 g/mol. The van der Waals surface area contributed by atoms with E-state index in [0.717, 1.165) is 51.6 Å². The highest BCUT2D eigenvalue weighted by atomic mass is 16.5. The molecule has 1 aromatic carbocycles. The zero-order valence-electron chi connectivity index (χ0n) is 16.2. The molecule has 1 saturated carbocycles. The first-order valence-corrected chi connectivity index (χ1v) is 9.85. The Hall–Kier alpha value is -2.12. The Morgan fingerprint density at radius 2 is 1.81 bits per heavy atom. The monoisotopic (exact) mass is 373 g/mol. The summed E-state index contributed by atoms with van der Waals surface area (Å²) in [5, 5.41) is 9.57. The van der Waals surface area contributed by atoms with Crippen LogP contribution in [0.15, 0.2) is 29.3 Å². The maximum atomic E-state index is 11.6. The van der Waals surface area contributed by atoms with Crippen LogP contribution in [-0.2, 0) is 22.6 Å². The number of amides is 1. The summed E-state index contributed by atoms with van der Waals surface area (Å²) in [6.07, 6.45) is 2.07. The molecule has 0 bridgehead atoms. The van der Waals surface area contributed by atoms with E-state index >= 15 is 0 Å². The fraction of sp³-hybridized carbons (Fsp3) is 0.600. The average Bonchev–Trinajstić information content (AvgIpc) is 3.54. The van der Waals surface area contributed by atoms with Crippen LogP contribution in [0.1, 0.15) is 24.0 Å². The lowest BCUT2D eigenvalue weighted by atomic mass is 10.1. The molecule has 3 N–H and O–H groups in total. The van der Waals surface area contributed by atoms with Crippen LogP contribution in [0.5, 0.6) is 0 Å². The predicted octanol–water partition coefficient (Wildman–Crippen LogP) is 0.710. The third-order valence-electron chi connectivity index (χ3n) is 4.95. The van der Waals surface area contributed by atoms with Gasteiger partial charge in [0.2, 0.25) is 5.91 Å². The molecule has 1 aromatic rings. The van der Waals surface area contributed by atoms with Gasteiger partial charge in [0.05, 0.1) is 13.2 Å². The largest absolute Gasteiger partial charge is 0.379 e. The number of ether oxygens (including phenoxy) is 1. The summed E-state index contributed by atoms with van der Waals surface area (Å²) in [7, 11) is 1.76. The van der Waals surface area contributed by atoms with E-state index < -0.39 is 0 Å². The zero-order chi connectivity index (χ0) is 18.9. The van der Waals surface area contributed by atoms with Crippen LogP contribution < -0.4 is 16.0 Å². The van der Waals surface area contributed by atoms with Gasteiger partial charge in [-0.05, 0) is 24.0 Å². The van der Waals surface area contributed by atoms with Crippen molar-refractivity contribution in [1.29, 1.82) is 0 Å². The number of hydrogen-bond donors (Lipinski definition) is 3. The normalized spacial score (nSPS) is 18.2. The summed E-state index contributed by atoms with van der Waals surface area (Å²) in [6.45, 7) is 6.53. The summed E-state index contributed by atoms with van der Waals surface area (Å²) < 4.78 is 5.43. The van der Waals surface area contributed by atoms with Crippen LogP contribution in [0.25, 0.3) is 0 Å². The van der Waals surface area contributed by atoms with E-state index in [9.17, 15) is 4.79 Å². The van der Waals surface area contributed by atoms with Crippen molar-refractivity contribution < 1.29 is 9.53 Å². The number of rotatable bonds is 8. The van der Waals surface area contributed by atoms with Crippen LogP contribution in [0.4, 0.5) is 0 Å². The Labute approximate surface area is 161 Å². The molecule has 1 saturated heterocycles. The van der Waals surface area contributed by atoms with Gasteiger partial charge in [-0.3, -0.25) is 14.7 Å². The molecule has 7 nitrogen and oxygen atoms in total. The van der Waals surface area contributed by atoms with E-state index in [2.05, 4.69) is 50.1 Å². The third kappa shape index (κ3) is 6.52. The van der Waals surface area contributed by atoms with Gasteiger partial charge >= 0.3 is 0 Å². The smallest absolute Gasteiger partial charge is 0.223 e. The number of benzene rings is 1. The molecule has 1 aliphatic heterocycles. The first-order valence-electron chi connectivity index (χ1n) is 9.85. The topological polar surface area (TPSA) is 78.0 Å². The minimum Gasteiger partial charge on any atom is -0.379 e. The van der Waals surface area contributed by atoms with Crippen molar-refractivity contribution in [2.24, 2.45) is 10.9 Å². The molecule has 1 aliphatic carbocycles. The minimum atomic E-state index is 0.178. The quantitative estimate of drug-likeness (QED) is 0.355. The number of carbonyl (C=O) groups excluding carboxylic acids is 1.